The van der Waals surface area contributed by atoms with E-state index in [0.29, 0.717) is 13.0 Å². The molecule has 5 heteroatoms. The van der Waals surface area contributed by atoms with Crippen molar-refractivity contribution in [2.24, 2.45) is 0 Å². The molecular weight excluding hydrogens is 262 g/mol. The molecule has 0 saturated heterocycles. The molecule has 1 aromatic carbocycles. The fourth-order valence-electron chi connectivity index (χ4n) is 1.34. The Morgan fingerprint density at radius 1 is 1.35 bits per heavy atom. The number of benzene rings is 1. The van der Waals surface area contributed by atoms with Gasteiger partial charge in [-0.05, 0) is 37.1 Å². The molecule has 0 atom stereocenters. The van der Waals surface area contributed by atoms with Crippen molar-refractivity contribution in [1.82, 2.24) is 5.32 Å². The summed E-state index contributed by atoms with van der Waals surface area (Å²) in [6.45, 7) is 1.46. The maximum Gasteiger partial charge on any atom is 0.142 e. The topological polar surface area (TPSA) is 35.8 Å². The van der Waals surface area contributed by atoms with Crippen LogP contribution in [0.3, 0.4) is 0 Å². The average Bonchev–Trinajstić information content (AvgIpc) is 2.28. The molecule has 1 aromatic rings. The van der Waals surface area contributed by atoms with Crippen molar-refractivity contribution in [1.29, 1.82) is 5.26 Å². The smallest absolute Gasteiger partial charge is 0.142 e. The number of rotatable bonds is 6. The number of nitrogens with one attached hydrogen (secondary N) is 1. The van der Waals surface area contributed by atoms with Gasteiger partial charge >= 0.3 is 0 Å². The Morgan fingerprint density at radius 2 is 2.12 bits per heavy atom. The number of nitriles is 1. The maximum atomic E-state index is 13.1. The molecule has 17 heavy (non-hydrogen) atoms. The quantitative estimate of drug-likeness (QED) is 0.805. The van der Waals surface area contributed by atoms with E-state index in [4.69, 9.17) is 16.9 Å². The first-order valence-electron chi connectivity index (χ1n) is 5.25. The molecule has 2 nitrogen and oxygen atoms in total. The molecule has 0 unspecified atom stereocenters. The van der Waals surface area contributed by atoms with E-state index in [2.05, 4.69) is 11.4 Å². The minimum absolute atomic E-state index is 0. The standard InChI is InChI=1S/C12H14ClFN2.ClH/c13-11-5-4-10(8-12(11)14)9-16-7-3-1-2-6-15;/h4-5,8,16H,1-3,7,9H2;1H. The normalized spacial score (nSPS) is 9.47. The Bertz CT molecular complexity index is 377. The van der Waals surface area contributed by atoms with Crippen molar-refractivity contribution in [3.8, 4) is 6.07 Å². The van der Waals surface area contributed by atoms with Crippen LogP contribution in [-0.4, -0.2) is 6.54 Å². The fraction of sp³-hybridized carbons (Fsp3) is 0.417. The van der Waals surface area contributed by atoms with Gasteiger partial charge < -0.3 is 5.32 Å². The van der Waals surface area contributed by atoms with E-state index in [-0.39, 0.29) is 23.2 Å². The van der Waals surface area contributed by atoms with Crippen LogP contribution in [0.1, 0.15) is 24.8 Å². The largest absolute Gasteiger partial charge is 0.313 e. The molecule has 0 aliphatic carbocycles. The summed E-state index contributed by atoms with van der Waals surface area (Å²) in [5.41, 5.74) is 0.877. The highest BCUT2D eigenvalue weighted by atomic mass is 35.5. The zero-order valence-corrected chi connectivity index (χ0v) is 11.0. The molecule has 0 aromatic heterocycles. The highest BCUT2D eigenvalue weighted by Gasteiger charge is 2.00. The average molecular weight is 277 g/mol. The Morgan fingerprint density at radius 3 is 2.76 bits per heavy atom. The van der Waals surface area contributed by atoms with Gasteiger partial charge in [-0.25, -0.2) is 4.39 Å². The molecule has 0 aliphatic heterocycles. The predicted molar refractivity (Wildman–Crippen MR) is 69.8 cm³/mol. The second-order valence-corrected chi connectivity index (χ2v) is 3.95. The van der Waals surface area contributed by atoms with Crippen LogP contribution in [-0.2, 0) is 6.54 Å². The molecule has 1 rings (SSSR count). The lowest BCUT2D eigenvalue weighted by Gasteiger charge is -2.04. The lowest BCUT2D eigenvalue weighted by molar-refractivity contribution is 0.610. The zero-order chi connectivity index (χ0) is 11.8. The third kappa shape index (κ3) is 6.48. The zero-order valence-electron chi connectivity index (χ0n) is 9.38. The summed E-state index contributed by atoms with van der Waals surface area (Å²) in [6.07, 6.45) is 2.46. The number of hydrogen-bond acceptors (Lipinski definition) is 2. The summed E-state index contributed by atoms with van der Waals surface area (Å²) in [5.74, 6) is -0.384. The predicted octanol–water partition coefficient (Wildman–Crippen LogP) is 3.68. The van der Waals surface area contributed by atoms with Gasteiger partial charge in [-0.1, -0.05) is 17.7 Å². The summed E-state index contributed by atoms with van der Waals surface area (Å²) in [4.78, 5) is 0. The second-order valence-electron chi connectivity index (χ2n) is 3.54. The van der Waals surface area contributed by atoms with Gasteiger partial charge in [0, 0.05) is 13.0 Å². The van der Waals surface area contributed by atoms with Crippen molar-refractivity contribution in [2.75, 3.05) is 6.54 Å². The molecule has 0 bridgehead atoms. The van der Waals surface area contributed by atoms with Gasteiger partial charge in [0.2, 0.25) is 0 Å². The first-order chi connectivity index (χ1) is 7.74. The minimum Gasteiger partial charge on any atom is -0.313 e. The van der Waals surface area contributed by atoms with Crippen LogP contribution in [0.15, 0.2) is 18.2 Å². The van der Waals surface area contributed by atoms with Crippen molar-refractivity contribution < 1.29 is 4.39 Å². The minimum atomic E-state index is -0.384. The first-order valence-corrected chi connectivity index (χ1v) is 5.63. The number of nitrogens with zero attached hydrogens (tertiary/aromatic N) is 1. The Kier molecular flexibility index (Phi) is 8.79. The van der Waals surface area contributed by atoms with Gasteiger partial charge in [0.05, 0.1) is 11.1 Å². The van der Waals surface area contributed by atoms with Crippen LogP contribution in [0.4, 0.5) is 4.39 Å². The highest BCUT2D eigenvalue weighted by molar-refractivity contribution is 6.30. The van der Waals surface area contributed by atoms with E-state index in [1.165, 1.54) is 6.07 Å². The van der Waals surface area contributed by atoms with E-state index < -0.39 is 0 Å². The summed E-state index contributed by atoms with van der Waals surface area (Å²) in [7, 11) is 0. The van der Waals surface area contributed by atoms with Crippen LogP contribution < -0.4 is 5.32 Å². The molecule has 0 spiro atoms. The molecular formula is C12H15Cl2FN2. The van der Waals surface area contributed by atoms with Crippen LogP contribution in [0.25, 0.3) is 0 Å². The number of unbranched alkanes of at least 4 members (excludes halogenated alkanes) is 2. The molecule has 0 aliphatic rings. The van der Waals surface area contributed by atoms with E-state index >= 15 is 0 Å². The molecule has 0 amide bonds. The van der Waals surface area contributed by atoms with Crippen molar-refractivity contribution in [3.63, 3.8) is 0 Å². The summed E-state index contributed by atoms with van der Waals surface area (Å²) in [5, 5.41) is 11.7. The molecule has 1 N–H and O–H groups in total. The van der Waals surface area contributed by atoms with Gasteiger partial charge in [-0.3, -0.25) is 0 Å². The van der Waals surface area contributed by atoms with Crippen LogP contribution >= 0.6 is 24.0 Å². The molecule has 0 fully saturated rings. The van der Waals surface area contributed by atoms with E-state index in [1.807, 2.05) is 0 Å². The van der Waals surface area contributed by atoms with Crippen molar-refractivity contribution >= 4 is 24.0 Å². The van der Waals surface area contributed by atoms with E-state index in [0.717, 1.165) is 24.9 Å². The van der Waals surface area contributed by atoms with Gasteiger partial charge in [0.1, 0.15) is 5.82 Å². The monoisotopic (exact) mass is 276 g/mol. The number of halogens is 3. The third-order valence-corrected chi connectivity index (χ3v) is 2.51. The third-order valence-electron chi connectivity index (χ3n) is 2.21. The van der Waals surface area contributed by atoms with Gasteiger partial charge in [0.15, 0.2) is 0 Å². The molecule has 0 radical (unpaired) electrons. The Hall–Kier alpha value is -0.820. The fourth-order valence-corrected chi connectivity index (χ4v) is 1.45. The molecule has 0 heterocycles. The summed E-state index contributed by atoms with van der Waals surface area (Å²) >= 11 is 5.57. The van der Waals surface area contributed by atoms with Crippen LogP contribution in [0.2, 0.25) is 5.02 Å². The number of hydrogen-bond donors (Lipinski definition) is 1. The van der Waals surface area contributed by atoms with Gasteiger partial charge in [-0.15, -0.1) is 12.4 Å². The van der Waals surface area contributed by atoms with Crippen molar-refractivity contribution in [2.45, 2.75) is 25.8 Å². The Labute approximate surface area is 112 Å². The van der Waals surface area contributed by atoms with E-state index in [1.54, 1.807) is 12.1 Å². The SMILES string of the molecule is Cl.N#CCCCCNCc1ccc(Cl)c(F)c1. The lowest BCUT2D eigenvalue weighted by atomic mass is 10.2. The van der Waals surface area contributed by atoms with Gasteiger partial charge in [-0.2, -0.15) is 5.26 Å². The second kappa shape index (κ2) is 9.23. The first kappa shape index (κ1) is 16.2. The molecule has 0 saturated carbocycles. The van der Waals surface area contributed by atoms with E-state index in [9.17, 15) is 4.39 Å². The Balaban J connectivity index is 0.00000256. The highest BCUT2D eigenvalue weighted by Crippen LogP contribution is 2.15. The molecule has 94 valence electrons. The maximum absolute atomic E-state index is 13.1. The lowest BCUT2D eigenvalue weighted by Crippen LogP contribution is -2.14. The van der Waals surface area contributed by atoms with Crippen LogP contribution in [0, 0.1) is 17.1 Å². The van der Waals surface area contributed by atoms with Gasteiger partial charge in [0.25, 0.3) is 0 Å². The van der Waals surface area contributed by atoms with Crippen molar-refractivity contribution in [3.05, 3.63) is 34.6 Å². The van der Waals surface area contributed by atoms with Crippen LogP contribution in [0.5, 0.6) is 0 Å². The summed E-state index contributed by atoms with van der Waals surface area (Å²) < 4.78 is 13.1. The summed E-state index contributed by atoms with van der Waals surface area (Å²) in [6, 6.07) is 6.89.